The van der Waals surface area contributed by atoms with E-state index in [0.717, 1.165) is 0 Å². The maximum absolute atomic E-state index is 5.32. The van der Waals surface area contributed by atoms with Crippen LogP contribution in [0, 0.1) is 9.86 Å². The summed E-state index contributed by atoms with van der Waals surface area (Å²) in [5.41, 5.74) is 0. The van der Waals surface area contributed by atoms with E-state index in [2.05, 4.69) is 37.6 Å². The molecule has 0 bridgehead atoms. The Hall–Kier alpha value is 0.319. The van der Waals surface area contributed by atoms with Gasteiger partial charge in [-0.05, 0) is 0 Å². The van der Waals surface area contributed by atoms with Crippen molar-refractivity contribution in [3.8, 4) is 9.86 Å². The topological polar surface area (TPSA) is 9.23 Å². The molecule has 0 spiro atoms. The molecule has 0 aromatic heterocycles. The van der Waals surface area contributed by atoms with Crippen LogP contribution >= 0.6 is 0 Å². The Morgan fingerprint density at radius 1 is 0.895 bits per heavy atom. The monoisotopic (exact) mass is 374 g/mol. The standard InChI is InChI=1S/C5H7O.3C4H9.Sn/c1-4-5(2)6-3;3*1-3-4-2;/h5H,2-3H3;3*1,3-4H2,2H3;. The molecule has 0 saturated heterocycles. The molecule has 112 valence electrons. The third-order valence-electron chi connectivity index (χ3n) is 3.92. The number of ether oxygens (including phenoxy) is 1. The predicted octanol–water partition coefficient (Wildman–Crippen LogP) is 5.41. The van der Waals surface area contributed by atoms with E-state index in [1.165, 1.54) is 51.8 Å². The summed E-state index contributed by atoms with van der Waals surface area (Å²) in [7, 11) is 1.76. The van der Waals surface area contributed by atoms with E-state index in [1.54, 1.807) is 7.11 Å². The van der Waals surface area contributed by atoms with Gasteiger partial charge in [-0.25, -0.2) is 0 Å². The minimum atomic E-state index is -2.21. The van der Waals surface area contributed by atoms with Crippen molar-refractivity contribution in [3.63, 3.8) is 0 Å². The fourth-order valence-corrected chi connectivity index (χ4v) is 15.9. The molecule has 1 atom stereocenters. The van der Waals surface area contributed by atoms with E-state index in [-0.39, 0.29) is 6.10 Å². The summed E-state index contributed by atoms with van der Waals surface area (Å²) in [6.45, 7) is 8.99. The molecule has 0 fully saturated rings. The van der Waals surface area contributed by atoms with Crippen LogP contribution in [0.15, 0.2) is 0 Å². The number of hydrogen-bond acceptors (Lipinski definition) is 1. The zero-order chi connectivity index (χ0) is 14.6. The van der Waals surface area contributed by atoms with Crippen molar-refractivity contribution in [3.05, 3.63) is 0 Å². The Kier molecular flexibility index (Phi) is 12.3. The summed E-state index contributed by atoms with van der Waals surface area (Å²) in [4.78, 5) is 0. The van der Waals surface area contributed by atoms with Gasteiger partial charge in [0.25, 0.3) is 0 Å². The number of unbranched alkanes of at least 4 members (excludes halogenated alkanes) is 3. The molecular formula is C17H34OSn. The Balaban J connectivity index is 4.89. The molecule has 0 aliphatic heterocycles. The molecule has 0 radical (unpaired) electrons. The second-order valence-electron chi connectivity index (χ2n) is 5.74. The van der Waals surface area contributed by atoms with Crippen molar-refractivity contribution in [2.45, 2.75) is 85.6 Å². The van der Waals surface area contributed by atoms with Gasteiger partial charge >= 0.3 is 126 Å². The summed E-state index contributed by atoms with van der Waals surface area (Å²) in [5, 5.41) is 0. The van der Waals surface area contributed by atoms with Gasteiger partial charge in [-0.2, -0.15) is 0 Å². The molecule has 0 heterocycles. The third kappa shape index (κ3) is 8.97. The van der Waals surface area contributed by atoms with Gasteiger partial charge in [-0.1, -0.05) is 0 Å². The summed E-state index contributed by atoms with van der Waals surface area (Å²) < 4.78 is 13.5. The van der Waals surface area contributed by atoms with Crippen LogP contribution in [0.5, 0.6) is 0 Å². The van der Waals surface area contributed by atoms with Crippen molar-refractivity contribution in [2.75, 3.05) is 7.11 Å². The van der Waals surface area contributed by atoms with Crippen molar-refractivity contribution < 1.29 is 4.74 Å². The predicted molar refractivity (Wildman–Crippen MR) is 89.1 cm³/mol. The molecule has 0 amide bonds. The van der Waals surface area contributed by atoms with Gasteiger partial charge in [-0.3, -0.25) is 0 Å². The van der Waals surface area contributed by atoms with Crippen LogP contribution in [0.2, 0.25) is 13.3 Å². The Morgan fingerprint density at radius 2 is 1.32 bits per heavy atom. The summed E-state index contributed by atoms with van der Waals surface area (Å²) in [6.07, 6.45) is 8.23. The van der Waals surface area contributed by atoms with Crippen molar-refractivity contribution in [1.29, 1.82) is 0 Å². The zero-order valence-corrected chi connectivity index (χ0v) is 16.7. The first-order valence-electron chi connectivity index (χ1n) is 8.19. The number of hydrogen-bond donors (Lipinski definition) is 0. The quantitative estimate of drug-likeness (QED) is 0.367. The molecule has 0 saturated carbocycles. The molecule has 0 aromatic rings. The maximum atomic E-state index is 5.32. The summed E-state index contributed by atoms with van der Waals surface area (Å²) >= 11 is -2.21. The average molecular weight is 373 g/mol. The Bertz CT molecular complexity index is 242. The van der Waals surface area contributed by atoms with Crippen LogP contribution in [0.3, 0.4) is 0 Å². The van der Waals surface area contributed by atoms with Gasteiger partial charge in [0.1, 0.15) is 0 Å². The number of rotatable bonds is 10. The van der Waals surface area contributed by atoms with Gasteiger partial charge < -0.3 is 0 Å². The molecule has 1 nitrogen and oxygen atoms in total. The van der Waals surface area contributed by atoms with Gasteiger partial charge in [0.05, 0.1) is 0 Å². The van der Waals surface area contributed by atoms with Gasteiger partial charge in [0.15, 0.2) is 0 Å². The molecule has 0 N–H and O–H groups in total. The molecule has 0 aliphatic carbocycles. The van der Waals surface area contributed by atoms with Crippen molar-refractivity contribution in [1.82, 2.24) is 0 Å². The first-order valence-corrected chi connectivity index (χ1v) is 15.7. The number of methoxy groups -OCH3 is 1. The van der Waals surface area contributed by atoms with E-state index in [4.69, 9.17) is 4.74 Å². The van der Waals surface area contributed by atoms with E-state index < -0.39 is 18.4 Å². The Morgan fingerprint density at radius 3 is 1.63 bits per heavy atom. The van der Waals surface area contributed by atoms with Crippen molar-refractivity contribution >= 4 is 18.4 Å². The van der Waals surface area contributed by atoms with Crippen LogP contribution in [-0.4, -0.2) is 31.6 Å². The van der Waals surface area contributed by atoms with Gasteiger partial charge in [-0.15, -0.1) is 0 Å². The first-order chi connectivity index (χ1) is 9.14. The minimum absolute atomic E-state index is 0.112. The molecule has 2 heteroatoms. The van der Waals surface area contributed by atoms with E-state index >= 15 is 0 Å². The molecule has 19 heavy (non-hydrogen) atoms. The van der Waals surface area contributed by atoms with Crippen LogP contribution in [-0.2, 0) is 4.74 Å². The van der Waals surface area contributed by atoms with Gasteiger partial charge in [0.2, 0.25) is 0 Å². The fraction of sp³-hybridized carbons (Fsp3) is 0.882. The molecule has 0 rings (SSSR count). The van der Waals surface area contributed by atoms with E-state index in [1.807, 2.05) is 0 Å². The van der Waals surface area contributed by atoms with Crippen LogP contribution in [0.25, 0.3) is 0 Å². The second kappa shape index (κ2) is 12.1. The van der Waals surface area contributed by atoms with Gasteiger partial charge in [0, 0.05) is 0 Å². The van der Waals surface area contributed by atoms with Crippen LogP contribution in [0.1, 0.15) is 66.2 Å². The molecular weight excluding hydrogens is 339 g/mol. The second-order valence-corrected chi connectivity index (χ2v) is 18.0. The van der Waals surface area contributed by atoms with E-state index in [0.29, 0.717) is 0 Å². The van der Waals surface area contributed by atoms with Crippen molar-refractivity contribution in [2.24, 2.45) is 0 Å². The SMILES string of the molecule is CCC[CH2][Sn]([C]#CC(C)OC)([CH2]CCC)[CH2]CCC. The third-order valence-corrected chi connectivity index (χ3v) is 17.1. The molecule has 0 aromatic carbocycles. The summed E-state index contributed by atoms with van der Waals surface area (Å²) in [5.74, 6) is 3.42. The van der Waals surface area contributed by atoms with Crippen LogP contribution < -0.4 is 0 Å². The first kappa shape index (κ1) is 19.3. The summed E-state index contributed by atoms with van der Waals surface area (Å²) in [6, 6.07) is 0. The average Bonchev–Trinajstić information content (AvgIpc) is 2.45. The zero-order valence-electron chi connectivity index (χ0n) is 13.8. The fourth-order valence-electron chi connectivity index (χ4n) is 2.42. The molecule has 0 aliphatic rings. The Labute approximate surface area is 125 Å². The van der Waals surface area contributed by atoms with E-state index in [9.17, 15) is 0 Å². The molecule has 1 unspecified atom stereocenters. The normalized spacial score (nSPS) is 12.9. The van der Waals surface area contributed by atoms with Crippen LogP contribution in [0.4, 0.5) is 0 Å².